The predicted octanol–water partition coefficient (Wildman–Crippen LogP) is 7.19. The van der Waals surface area contributed by atoms with Gasteiger partial charge in [-0.05, 0) is 46.1 Å². The summed E-state index contributed by atoms with van der Waals surface area (Å²) in [5.41, 5.74) is 2.22. The normalized spacial score (nSPS) is 15.0. The molecule has 0 aliphatic rings. The van der Waals surface area contributed by atoms with Crippen molar-refractivity contribution < 1.29 is 4.11 Å². The average Bonchev–Trinajstić information content (AvgIpc) is 2.94. The first-order valence-electron chi connectivity index (χ1n) is 12.2. The Bertz CT molecular complexity index is 1340. The van der Waals surface area contributed by atoms with Crippen LogP contribution in [0.15, 0.2) is 133 Å². The maximum atomic E-state index is 18.6. The molecule has 1 nitrogen and oxygen atoms in total. The van der Waals surface area contributed by atoms with Gasteiger partial charge in [0.25, 0.3) is 0 Å². The van der Waals surface area contributed by atoms with Gasteiger partial charge in [0.05, 0.1) is 0 Å². The Morgan fingerprint density at radius 1 is 0.543 bits per heavy atom. The summed E-state index contributed by atoms with van der Waals surface area (Å²) in [6, 6.07) is 44.4. The summed E-state index contributed by atoms with van der Waals surface area (Å²) in [7, 11) is -3.95. The third kappa shape index (κ3) is 4.34. The van der Waals surface area contributed by atoms with E-state index in [4.69, 9.17) is 0 Å². The number of halogens is 1. The van der Waals surface area contributed by atoms with E-state index >= 15 is 4.11 Å². The second kappa shape index (κ2) is 9.99. The first-order chi connectivity index (χ1) is 17.1. The molecule has 0 saturated carbocycles. The molecule has 0 N–H and O–H groups in total. The number of fused-ring (bicyclic) bond motifs is 1. The van der Waals surface area contributed by atoms with E-state index in [2.05, 4.69) is 60.9 Å². The lowest BCUT2D eigenvalue weighted by Crippen LogP contribution is -2.68. The van der Waals surface area contributed by atoms with Crippen molar-refractivity contribution in [3.05, 3.63) is 145 Å². The Morgan fingerprint density at radius 2 is 1.00 bits per heavy atom. The Labute approximate surface area is 208 Å². The van der Waals surface area contributed by atoms with Crippen molar-refractivity contribution in [2.45, 2.75) is 25.9 Å². The van der Waals surface area contributed by atoms with Crippen molar-refractivity contribution in [1.82, 2.24) is 4.57 Å². The van der Waals surface area contributed by atoms with Crippen LogP contribution >= 0.6 is 0 Å². The summed E-state index contributed by atoms with van der Waals surface area (Å²) in [5.74, 6) is 0. The highest BCUT2D eigenvalue weighted by Crippen LogP contribution is 2.36. The van der Waals surface area contributed by atoms with Crippen LogP contribution in [0.5, 0.6) is 0 Å². The van der Waals surface area contributed by atoms with Gasteiger partial charge in [0.15, 0.2) is 0 Å². The molecule has 5 rings (SSSR count). The fraction of sp³-hybridized carbons (Fsp3) is 0.125. The van der Waals surface area contributed by atoms with E-state index in [-0.39, 0.29) is 12.1 Å². The van der Waals surface area contributed by atoms with E-state index in [0.29, 0.717) is 0 Å². The smallest absolute Gasteiger partial charge is 0.280 e. The molecule has 174 valence electrons. The summed E-state index contributed by atoms with van der Waals surface area (Å²) in [6.07, 6.45) is 0. The molecular weight excluding hydrogens is 445 g/mol. The fourth-order valence-corrected chi connectivity index (χ4v) is 9.06. The average molecular weight is 476 g/mol. The zero-order valence-corrected chi connectivity index (χ0v) is 21.2. The number of hydrogen-bond acceptors (Lipinski definition) is 1. The molecule has 0 heterocycles. The molecule has 3 atom stereocenters. The van der Waals surface area contributed by atoms with Gasteiger partial charge < -0.3 is 0 Å². The van der Waals surface area contributed by atoms with Crippen LogP contribution in [0, 0.1) is 0 Å². The van der Waals surface area contributed by atoms with Crippen LogP contribution in [0.3, 0.4) is 0 Å². The molecule has 5 aromatic rings. The van der Waals surface area contributed by atoms with Crippen molar-refractivity contribution >= 4 is 29.7 Å². The molecule has 0 fully saturated rings. The minimum absolute atomic E-state index is 0.137. The maximum Gasteiger partial charge on any atom is 0.386 e. The third-order valence-electron chi connectivity index (χ3n) is 7.06. The van der Waals surface area contributed by atoms with Gasteiger partial charge in [-0.25, -0.2) is 0 Å². The third-order valence-corrected chi connectivity index (χ3v) is 10.8. The van der Waals surface area contributed by atoms with Gasteiger partial charge in [-0.3, -0.25) is 8.67 Å². The highest BCUT2D eigenvalue weighted by Gasteiger charge is 2.51. The van der Waals surface area contributed by atoms with Crippen LogP contribution in [-0.4, -0.2) is 13.1 Å². The van der Waals surface area contributed by atoms with Crippen molar-refractivity contribution in [2.75, 3.05) is 0 Å². The van der Waals surface area contributed by atoms with Crippen molar-refractivity contribution in [2.24, 2.45) is 0 Å². The molecule has 0 radical (unpaired) electrons. The van der Waals surface area contributed by atoms with Crippen LogP contribution < -0.4 is 10.4 Å². The first kappa shape index (κ1) is 23.2. The molecule has 0 amide bonds. The van der Waals surface area contributed by atoms with Gasteiger partial charge in [-0.15, -0.1) is 0 Å². The van der Waals surface area contributed by atoms with E-state index in [9.17, 15) is 0 Å². The number of hydrogen-bond donors (Lipinski definition) is 0. The van der Waals surface area contributed by atoms with E-state index in [0.717, 1.165) is 32.3 Å². The van der Waals surface area contributed by atoms with Crippen molar-refractivity contribution in [3.8, 4) is 0 Å². The lowest BCUT2D eigenvalue weighted by Gasteiger charge is -2.44. The lowest BCUT2D eigenvalue weighted by atomic mass is 10.0. The van der Waals surface area contributed by atoms with Crippen molar-refractivity contribution in [3.63, 3.8) is 0 Å². The second-order valence-electron chi connectivity index (χ2n) is 9.10. The summed E-state index contributed by atoms with van der Waals surface area (Å²) in [4.78, 5) is 0. The quantitative estimate of drug-likeness (QED) is 0.178. The molecule has 1 unspecified atom stereocenters. The maximum absolute atomic E-state index is 18.6. The van der Waals surface area contributed by atoms with Gasteiger partial charge in [0.1, 0.15) is 0 Å². The minimum Gasteiger partial charge on any atom is -0.280 e. The zero-order valence-electron chi connectivity index (χ0n) is 20.2. The van der Waals surface area contributed by atoms with Gasteiger partial charge in [0, 0.05) is 12.1 Å². The van der Waals surface area contributed by atoms with Gasteiger partial charge in [-0.1, -0.05) is 133 Å². The standard InChI is InChI=1S/C32H30FNSi/c1-25(27-15-6-3-7-16-27)34(26(2)28-17-8-4-9-18-28)35(33,30-21-10-5-11-22-30)32-24-14-20-29-19-12-13-23-31(29)32/h3-26H,1-2H3/t25-,26-,35?/m1/s1. The molecule has 0 aliphatic heterocycles. The number of nitrogens with zero attached hydrogens (tertiary/aromatic N) is 1. The molecular formula is C32H30FNSi. The van der Waals surface area contributed by atoms with Crippen molar-refractivity contribution in [1.29, 1.82) is 0 Å². The van der Waals surface area contributed by atoms with Crippen LogP contribution in [0.2, 0.25) is 0 Å². The summed E-state index contributed by atoms with van der Waals surface area (Å²) in [5, 5.41) is 3.61. The topological polar surface area (TPSA) is 3.24 Å². The first-order valence-corrected chi connectivity index (χ1v) is 14.0. The molecule has 0 spiro atoms. The van der Waals surface area contributed by atoms with E-state index in [1.54, 1.807) is 0 Å². The lowest BCUT2D eigenvalue weighted by molar-refractivity contribution is 0.257. The highest BCUT2D eigenvalue weighted by molar-refractivity contribution is 6.96. The summed E-state index contributed by atoms with van der Waals surface area (Å²) in [6.45, 7) is 4.29. The zero-order chi connectivity index (χ0) is 24.3. The van der Waals surface area contributed by atoms with Crippen LogP contribution in [0.1, 0.15) is 37.1 Å². The Morgan fingerprint density at radius 3 is 1.57 bits per heavy atom. The van der Waals surface area contributed by atoms with E-state index in [1.165, 1.54) is 0 Å². The minimum atomic E-state index is -3.95. The largest absolute Gasteiger partial charge is 0.386 e. The molecule has 3 heteroatoms. The van der Waals surface area contributed by atoms with E-state index < -0.39 is 8.57 Å². The van der Waals surface area contributed by atoms with E-state index in [1.807, 2.05) is 91.0 Å². The molecule has 0 aliphatic carbocycles. The molecule has 0 aromatic heterocycles. The highest BCUT2D eigenvalue weighted by atomic mass is 28.4. The Balaban J connectivity index is 1.81. The molecule has 0 bridgehead atoms. The summed E-state index contributed by atoms with van der Waals surface area (Å²) >= 11 is 0. The fourth-order valence-electron chi connectivity index (χ4n) is 5.27. The number of rotatable bonds is 7. The monoisotopic (exact) mass is 475 g/mol. The molecule has 35 heavy (non-hydrogen) atoms. The van der Waals surface area contributed by atoms with Crippen LogP contribution in [0.25, 0.3) is 10.8 Å². The summed E-state index contributed by atoms with van der Waals surface area (Å²) < 4.78 is 20.8. The Hall–Kier alpha value is -3.53. The van der Waals surface area contributed by atoms with Crippen LogP contribution in [0.4, 0.5) is 4.11 Å². The van der Waals surface area contributed by atoms with Gasteiger partial charge in [-0.2, -0.15) is 0 Å². The SMILES string of the molecule is C[C@H](c1ccccc1)N([C@H](C)c1ccccc1)[Si](F)(c1ccccc1)c1cccc2ccccc12. The second-order valence-corrected chi connectivity index (χ2v) is 12.0. The van der Waals surface area contributed by atoms with Gasteiger partial charge >= 0.3 is 8.57 Å². The van der Waals surface area contributed by atoms with Crippen LogP contribution in [-0.2, 0) is 0 Å². The Kier molecular flexibility index (Phi) is 6.63. The predicted molar refractivity (Wildman–Crippen MR) is 148 cm³/mol. The molecule has 5 aromatic carbocycles. The number of benzene rings is 5. The molecule has 0 saturated heterocycles. The van der Waals surface area contributed by atoms with Gasteiger partial charge in [0.2, 0.25) is 0 Å².